The SMILES string of the molecule is O=C(CSCc1ccc(F)cc1)N[C@@H]1C[C@H]2CC[C@@H]1C2. The third-order valence-electron chi connectivity index (χ3n) is 4.50. The molecule has 108 valence electrons. The van der Waals surface area contributed by atoms with Crippen LogP contribution in [0.4, 0.5) is 4.39 Å². The largest absolute Gasteiger partial charge is 0.352 e. The number of hydrogen-bond acceptors (Lipinski definition) is 2. The molecule has 2 saturated carbocycles. The van der Waals surface area contributed by atoms with Crippen LogP contribution in [0.5, 0.6) is 0 Å². The van der Waals surface area contributed by atoms with Crippen LogP contribution in [-0.2, 0) is 10.5 Å². The second kappa shape index (κ2) is 6.17. The quantitative estimate of drug-likeness (QED) is 0.902. The molecular formula is C16H20FNOS. The molecule has 0 radical (unpaired) electrons. The van der Waals surface area contributed by atoms with Crippen LogP contribution in [0, 0.1) is 17.7 Å². The predicted molar refractivity (Wildman–Crippen MR) is 79.9 cm³/mol. The Balaban J connectivity index is 1.38. The molecule has 2 bridgehead atoms. The standard InChI is InChI=1S/C16H20FNOS/c17-14-5-2-11(3-6-14)9-20-10-16(19)18-15-8-12-1-4-13(15)7-12/h2-3,5-6,12-13,15H,1,4,7-10H2,(H,18,19)/t12-,13+,15+/m0/s1. The van der Waals surface area contributed by atoms with Crippen molar-refractivity contribution >= 4 is 17.7 Å². The Hall–Kier alpha value is -1.03. The minimum absolute atomic E-state index is 0.148. The molecule has 2 fully saturated rings. The van der Waals surface area contributed by atoms with Crippen molar-refractivity contribution in [2.45, 2.75) is 37.5 Å². The molecule has 0 aliphatic heterocycles. The Morgan fingerprint density at radius 3 is 2.70 bits per heavy atom. The lowest BCUT2D eigenvalue weighted by Crippen LogP contribution is -2.39. The first kappa shape index (κ1) is 13.9. The van der Waals surface area contributed by atoms with Gasteiger partial charge in [0.2, 0.25) is 5.91 Å². The van der Waals surface area contributed by atoms with E-state index in [9.17, 15) is 9.18 Å². The number of nitrogens with one attached hydrogen (secondary N) is 1. The zero-order chi connectivity index (χ0) is 13.9. The Kier molecular flexibility index (Phi) is 4.29. The molecule has 3 rings (SSSR count). The summed E-state index contributed by atoms with van der Waals surface area (Å²) in [5.74, 6) is 2.76. The van der Waals surface area contributed by atoms with Gasteiger partial charge in [-0.2, -0.15) is 0 Å². The number of carbonyl (C=O) groups excluding carboxylic acids is 1. The molecular weight excluding hydrogens is 273 g/mol. The number of benzene rings is 1. The van der Waals surface area contributed by atoms with Gasteiger partial charge >= 0.3 is 0 Å². The number of thioether (sulfide) groups is 1. The van der Waals surface area contributed by atoms with Crippen LogP contribution >= 0.6 is 11.8 Å². The van der Waals surface area contributed by atoms with Crippen molar-refractivity contribution in [3.8, 4) is 0 Å². The van der Waals surface area contributed by atoms with Crippen molar-refractivity contribution in [3.63, 3.8) is 0 Å². The molecule has 1 amide bonds. The van der Waals surface area contributed by atoms with Gasteiger partial charge in [-0.25, -0.2) is 4.39 Å². The lowest BCUT2D eigenvalue weighted by molar-refractivity contribution is -0.119. The van der Waals surface area contributed by atoms with Gasteiger partial charge in [0, 0.05) is 11.8 Å². The second-order valence-electron chi connectivity index (χ2n) is 5.97. The first-order valence-corrected chi connectivity index (χ1v) is 8.48. The first-order chi connectivity index (χ1) is 9.70. The Morgan fingerprint density at radius 1 is 1.25 bits per heavy atom. The Morgan fingerprint density at radius 2 is 2.05 bits per heavy atom. The Labute approximate surface area is 123 Å². The fourth-order valence-corrected chi connectivity index (χ4v) is 4.31. The van der Waals surface area contributed by atoms with Gasteiger partial charge in [-0.3, -0.25) is 4.79 Å². The molecule has 0 unspecified atom stereocenters. The number of carbonyl (C=O) groups is 1. The van der Waals surface area contributed by atoms with Gasteiger partial charge in [-0.1, -0.05) is 18.6 Å². The zero-order valence-electron chi connectivity index (χ0n) is 11.5. The minimum atomic E-state index is -0.215. The van der Waals surface area contributed by atoms with Gasteiger partial charge in [-0.05, 0) is 48.8 Å². The number of amides is 1. The molecule has 2 nitrogen and oxygen atoms in total. The zero-order valence-corrected chi connectivity index (χ0v) is 12.3. The normalized spacial score (nSPS) is 27.8. The van der Waals surface area contributed by atoms with Gasteiger partial charge in [0.1, 0.15) is 5.82 Å². The van der Waals surface area contributed by atoms with Crippen molar-refractivity contribution in [3.05, 3.63) is 35.6 Å². The van der Waals surface area contributed by atoms with Crippen molar-refractivity contribution < 1.29 is 9.18 Å². The molecule has 0 aromatic heterocycles. The monoisotopic (exact) mass is 293 g/mol. The topological polar surface area (TPSA) is 29.1 Å². The van der Waals surface area contributed by atoms with Crippen LogP contribution < -0.4 is 5.32 Å². The van der Waals surface area contributed by atoms with E-state index >= 15 is 0 Å². The van der Waals surface area contributed by atoms with Gasteiger partial charge in [0.05, 0.1) is 5.75 Å². The maximum absolute atomic E-state index is 12.8. The summed E-state index contributed by atoms with van der Waals surface area (Å²) in [6.07, 6.45) is 5.14. The summed E-state index contributed by atoms with van der Waals surface area (Å²) >= 11 is 1.59. The summed E-state index contributed by atoms with van der Waals surface area (Å²) in [4.78, 5) is 11.9. The minimum Gasteiger partial charge on any atom is -0.352 e. The molecule has 3 atom stereocenters. The predicted octanol–water partition coefficient (Wildman–Crippen LogP) is 3.36. The van der Waals surface area contributed by atoms with Crippen LogP contribution in [-0.4, -0.2) is 17.7 Å². The van der Waals surface area contributed by atoms with Crippen molar-refractivity contribution in [2.75, 3.05) is 5.75 Å². The number of halogens is 1. The molecule has 1 aromatic carbocycles. The van der Waals surface area contributed by atoms with Gasteiger partial charge in [-0.15, -0.1) is 11.8 Å². The lowest BCUT2D eigenvalue weighted by Gasteiger charge is -2.22. The molecule has 2 aliphatic rings. The summed E-state index contributed by atoms with van der Waals surface area (Å²) in [6, 6.07) is 6.90. The summed E-state index contributed by atoms with van der Waals surface area (Å²) in [6.45, 7) is 0. The first-order valence-electron chi connectivity index (χ1n) is 7.32. The summed E-state index contributed by atoms with van der Waals surface area (Å²) in [5, 5.41) is 3.19. The van der Waals surface area contributed by atoms with Gasteiger partial charge in [0.15, 0.2) is 0 Å². The smallest absolute Gasteiger partial charge is 0.230 e. The summed E-state index contributed by atoms with van der Waals surface area (Å²) in [7, 11) is 0. The molecule has 0 saturated heterocycles. The highest BCUT2D eigenvalue weighted by Crippen LogP contribution is 2.44. The van der Waals surface area contributed by atoms with Gasteiger partial charge in [0.25, 0.3) is 0 Å². The molecule has 2 aliphatic carbocycles. The van der Waals surface area contributed by atoms with E-state index in [-0.39, 0.29) is 11.7 Å². The number of rotatable bonds is 5. The van der Waals surface area contributed by atoms with Crippen LogP contribution in [0.25, 0.3) is 0 Å². The molecule has 4 heteroatoms. The van der Waals surface area contributed by atoms with Crippen LogP contribution in [0.15, 0.2) is 24.3 Å². The van der Waals surface area contributed by atoms with Crippen LogP contribution in [0.1, 0.15) is 31.2 Å². The lowest BCUT2D eigenvalue weighted by atomic mass is 9.95. The van der Waals surface area contributed by atoms with E-state index in [2.05, 4.69) is 5.32 Å². The number of fused-ring (bicyclic) bond motifs is 2. The maximum Gasteiger partial charge on any atom is 0.230 e. The molecule has 0 heterocycles. The van der Waals surface area contributed by atoms with Crippen LogP contribution in [0.3, 0.4) is 0 Å². The van der Waals surface area contributed by atoms with E-state index in [4.69, 9.17) is 0 Å². The molecule has 0 spiro atoms. The summed E-state index contributed by atoms with van der Waals surface area (Å²) < 4.78 is 12.8. The third-order valence-corrected chi connectivity index (χ3v) is 5.50. The average molecular weight is 293 g/mol. The highest BCUT2D eigenvalue weighted by molar-refractivity contribution is 7.99. The highest BCUT2D eigenvalue weighted by atomic mass is 32.2. The maximum atomic E-state index is 12.8. The van der Waals surface area contributed by atoms with Gasteiger partial charge < -0.3 is 5.32 Å². The van der Waals surface area contributed by atoms with E-state index in [1.54, 1.807) is 23.9 Å². The summed E-state index contributed by atoms with van der Waals surface area (Å²) in [5.41, 5.74) is 1.06. The fraction of sp³-hybridized carbons (Fsp3) is 0.562. The fourth-order valence-electron chi connectivity index (χ4n) is 3.51. The third kappa shape index (κ3) is 3.35. The van der Waals surface area contributed by atoms with E-state index in [0.29, 0.717) is 11.8 Å². The number of hydrogen-bond donors (Lipinski definition) is 1. The Bertz CT molecular complexity index is 476. The van der Waals surface area contributed by atoms with Crippen molar-refractivity contribution in [1.29, 1.82) is 0 Å². The van der Waals surface area contributed by atoms with E-state index < -0.39 is 0 Å². The van der Waals surface area contributed by atoms with E-state index in [1.165, 1.54) is 37.8 Å². The second-order valence-corrected chi connectivity index (χ2v) is 6.95. The molecule has 1 aromatic rings. The van der Waals surface area contributed by atoms with Crippen molar-refractivity contribution in [1.82, 2.24) is 5.32 Å². The van der Waals surface area contributed by atoms with E-state index in [1.807, 2.05) is 0 Å². The average Bonchev–Trinajstić information content (AvgIpc) is 3.03. The van der Waals surface area contributed by atoms with E-state index in [0.717, 1.165) is 23.2 Å². The van der Waals surface area contributed by atoms with Crippen molar-refractivity contribution in [2.24, 2.45) is 11.8 Å². The molecule has 20 heavy (non-hydrogen) atoms. The van der Waals surface area contributed by atoms with Crippen LogP contribution in [0.2, 0.25) is 0 Å². The molecule has 1 N–H and O–H groups in total. The highest BCUT2D eigenvalue weighted by Gasteiger charge is 2.39.